The van der Waals surface area contributed by atoms with E-state index >= 15 is 0 Å². The van der Waals surface area contributed by atoms with Gasteiger partial charge < -0.3 is 5.73 Å². The van der Waals surface area contributed by atoms with Crippen LogP contribution in [0.25, 0.3) is 27.7 Å². The number of sulfonamides is 1. The number of aliphatic imine (C=N–C) groups is 1. The van der Waals surface area contributed by atoms with Crippen LogP contribution in [0.2, 0.25) is 0 Å². The number of nitrogens with one attached hydrogen (secondary N) is 1. The van der Waals surface area contributed by atoms with Crippen molar-refractivity contribution in [3.05, 3.63) is 54.7 Å². The monoisotopic (exact) mass is 408 g/mol. The molecule has 0 amide bonds. The number of pyridine rings is 1. The fourth-order valence-corrected chi connectivity index (χ4v) is 4.31. The van der Waals surface area contributed by atoms with Gasteiger partial charge >= 0.3 is 0 Å². The van der Waals surface area contributed by atoms with Gasteiger partial charge in [-0.2, -0.15) is 0 Å². The van der Waals surface area contributed by atoms with Crippen LogP contribution in [0.3, 0.4) is 0 Å². The number of hydrogen-bond donors (Lipinski definition) is 2. The smallest absolute Gasteiger partial charge is 0.235 e. The number of aromatic nitrogens is 3. The third kappa shape index (κ3) is 4.09. The number of anilines is 1. The van der Waals surface area contributed by atoms with Crippen LogP contribution < -0.4 is 10.5 Å². The van der Waals surface area contributed by atoms with Crippen molar-refractivity contribution in [2.24, 2.45) is 10.7 Å². The molecule has 8 nitrogen and oxygen atoms in total. The minimum absolute atomic E-state index is 0.294. The Morgan fingerprint density at radius 3 is 2.72 bits per heavy atom. The van der Waals surface area contributed by atoms with Gasteiger partial charge in [0.2, 0.25) is 10.0 Å². The van der Waals surface area contributed by atoms with Gasteiger partial charge in [0.25, 0.3) is 0 Å². The van der Waals surface area contributed by atoms with Crippen molar-refractivity contribution in [3.63, 3.8) is 0 Å². The summed E-state index contributed by atoms with van der Waals surface area (Å²) in [5, 5.41) is -0.294. The second-order valence-corrected chi connectivity index (χ2v) is 8.74. The van der Waals surface area contributed by atoms with Crippen LogP contribution >= 0.6 is 0 Å². The lowest BCUT2D eigenvalue weighted by Gasteiger charge is -2.09. The van der Waals surface area contributed by atoms with E-state index in [0.29, 0.717) is 35.3 Å². The van der Waals surface area contributed by atoms with Crippen molar-refractivity contribution >= 4 is 38.5 Å². The molecule has 2 aromatic heterocycles. The lowest BCUT2D eigenvalue weighted by molar-refractivity contribution is 0.600. The summed E-state index contributed by atoms with van der Waals surface area (Å²) in [6.45, 7) is 0. The van der Waals surface area contributed by atoms with Gasteiger partial charge in [-0.05, 0) is 36.6 Å². The molecule has 4 rings (SSSR count). The van der Waals surface area contributed by atoms with E-state index in [0.717, 1.165) is 16.6 Å². The molecule has 9 heteroatoms. The topological polar surface area (TPSA) is 123 Å². The number of benzene rings is 1. The fourth-order valence-electron chi connectivity index (χ4n) is 2.94. The molecule has 3 N–H and O–H groups in total. The molecule has 0 aliphatic heterocycles. The first-order valence-electron chi connectivity index (χ1n) is 9.08. The third-order valence-corrected chi connectivity index (χ3v) is 6.45. The van der Waals surface area contributed by atoms with Crippen molar-refractivity contribution in [1.29, 1.82) is 0 Å². The first-order chi connectivity index (χ1) is 14.0. The Morgan fingerprint density at radius 2 is 2.00 bits per heavy atom. The average Bonchev–Trinajstić information content (AvgIpc) is 3.57. The van der Waals surface area contributed by atoms with Crippen LogP contribution in [0.4, 0.5) is 5.69 Å². The summed E-state index contributed by atoms with van der Waals surface area (Å²) in [6.07, 6.45) is 9.31. The molecule has 0 bridgehead atoms. The van der Waals surface area contributed by atoms with Gasteiger partial charge in [0, 0.05) is 36.8 Å². The molecule has 148 valence electrons. The highest BCUT2D eigenvalue weighted by molar-refractivity contribution is 7.93. The molecule has 0 saturated heterocycles. The predicted molar refractivity (Wildman–Crippen MR) is 115 cm³/mol. The van der Waals surface area contributed by atoms with E-state index in [1.165, 1.54) is 12.4 Å². The second kappa shape index (κ2) is 7.59. The van der Waals surface area contributed by atoms with Crippen molar-refractivity contribution in [3.8, 4) is 11.1 Å². The van der Waals surface area contributed by atoms with E-state index in [9.17, 15) is 8.42 Å². The van der Waals surface area contributed by atoms with Crippen molar-refractivity contribution in [2.75, 3.05) is 11.8 Å². The lowest BCUT2D eigenvalue weighted by atomic mass is 10.1. The molecule has 0 atom stereocenters. The Labute approximate surface area is 168 Å². The van der Waals surface area contributed by atoms with E-state index in [1.54, 1.807) is 31.7 Å². The number of nitrogens with two attached hydrogens (primary N) is 1. The Kier molecular flexibility index (Phi) is 4.98. The highest BCUT2D eigenvalue weighted by Gasteiger charge is 2.35. The van der Waals surface area contributed by atoms with Crippen molar-refractivity contribution < 1.29 is 8.42 Å². The normalized spacial score (nSPS) is 15.1. The van der Waals surface area contributed by atoms with E-state index < -0.39 is 10.0 Å². The van der Waals surface area contributed by atoms with Crippen LogP contribution in [0.1, 0.15) is 18.5 Å². The molecular weight excluding hydrogens is 388 g/mol. The molecule has 3 aromatic rings. The first-order valence-corrected chi connectivity index (χ1v) is 10.6. The van der Waals surface area contributed by atoms with Crippen LogP contribution in [-0.2, 0) is 10.0 Å². The molecule has 1 aliphatic rings. The third-order valence-electron chi connectivity index (χ3n) is 4.58. The van der Waals surface area contributed by atoms with Gasteiger partial charge in [-0.25, -0.2) is 13.4 Å². The maximum Gasteiger partial charge on any atom is 0.235 e. The fraction of sp³-hybridized carbons (Fsp3) is 0.200. The SMILES string of the molecule is CN=CC(=CN)c1cnc2ccc(-c3cncc(NS(=O)(=O)C4CC4)c3)cc2n1. The van der Waals surface area contributed by atoms with Gasteiger partial charge in [-0.15, -0.1) is 0 Å². The van der Waals surface area contributed by atoms with E-state index in [-0.39, 0.29) is 5.25 Å². The summed E-state index contributed by atoms with van der Waals surface area (Å²) in [5.41, 5.74) is 10.5. The zero-order chi connectivity index (χ0) is 20.4. The summed E-state index contributed by atoms with van der Waals surface area (Å²) in [7, 11) is -1.68. The average molecular weight is 408 g/mol. The summed E-state index contributed by atoms with van der Waals surface area (Å²) in [5.74, 6) is 0. The molecule has 1 fully saturated rings. The molecule has 29 heavy (non-hydrogen) atoms. The number of nitrogens with zero attached hydrogens (tertiary/aromatic N) is 4. The molecule has 2 heterocycles. The summed E-state index contributed by atoms with van der Waals surface area (Å²) < 4.78 is 27.0. The number of fused-ring (bicyclic) bond motifs is 1. The van der Waals surface area contributed by atoms with E-state index in [2.05, 4.69) is 24.7 Å². The molecule has 0 radical (unpaired) electrons. The Morgan fingerprint density at radius 1 is 1.17 bits per heavy atom. The van der Waals surface area contributed by atoms with Gasteiger partial charge in [0.15, 0.2) is 0 Å². The quantitative estimate of drug-likeness (QED) is 0.604. The molecule has 1 aliphatic carbocycles. The Hall–Kier alpha value is -3.33. The molecule has 0 unspecified atom stereocenters. The van der Waals surface area contributed by atoms with Crippen LogP contribution in [-0.4, -0.2) is 41.9 Å². The number of allylic oxidation sites excluding steroid dienone is 1. The maximum atomic E-state index is 12.2. The van der Waals surface area contributed by atoms with E-state index in [4.69, 9.17) is 5.73 Å². The minimum atomic E-state index is -3.34. The zero-order valence-electron chi connectivity index (χ0n) is 15.8. The van der Waals surface area contributed by atoms with Gasteiger partial charge in [0.05, 0.1) is 40.1 Å². The summed E-state index contributed by atoms with van der Waals surface area (Å²) >= 11 is 0. The predicted octanol–water partition coefficient (Wildman–Crippen LogP) is 2.60. The summed E-state index contributed by atoms with van der Waals surface area (Å²) in [6, 6.07) is 7.42. The molecule has 1 saturated carbocycles. The van der Waals surface area contributed by atoms with Crippen LogP contribution in [0.5, 0.6) is 0 Å². The Balaban J connectivity index is 1.69. The lowest BCUT2D eigenvalue weighted by Crippen LogP contribution is -2.17. The van der Waals surface area contributed by atoms with Crippen molar-refractivity contribution in [2.45, 2.75) is 18.1 Å². The number of rotatable bonds is 6. The second-order valence-electron chi connectivity index (χ2n) is 6.78. The van der Waals surface area contributed by atoms with Gasteiger partial charge in [-0.1, -0.05) is 6.07 Å². The summed E-state index contributed by atoms with van der Waals surface area (Å²) in [4.78, 5) is 17.2. The molecule has 1 aromatic carbocycles. The zero-order valence-corrected chi connectivity index (χ0v) is 16.6. The van der Waals surface area contributed by atoms with Gasteiger partial charge in [-0.3, -0.25) is 19.7 Å². The maximum absolute atomic E-state index is 12.2. The standard InChI is InChI=1S/C20H20N6O2S/c1-22-9-15(8-21)20-12-24-18-5-2-13(7-19(18)25-20)14-6-16(11-23-10-14)26-29(27,28)17-3-4-17/h2,5-12,17,26H,3-4,21H2,1H3. The number of hydrogen-bond acceptors (Lipinski definition) is 7. The molecular formula is C20H20N6O2S. The van der Waals surface area contributed by atoms with Gasteiger partial charge in [0.1, 0.15) is 0 Å². The first kappa shape index (κ1) is 19.0. The largest absolute Gasteiger partial charge is 0.404 e. The van der Waals surface area contributed by atoms with Crippen molar-refractivity contribution in [1.82, 2.24) is 15.0 Å². The van der Waals surface area contributed by atoms with Crippen LogP contribution in [0, 0.1) is 0 Å². The highest BCUT2D eigenvalue weighted by atomic mass is 32.2. The van der Waals surface area contributed by atoms with E-state index in [1.807, 2.05) is 18.2 Å². The molecule has 0 spiro atoms. The minimum Gasteiger partial charge on any atom is -0.404 e. The van der Waals surface area contributed by atoms with Crippen LogP contribution in [0.15, 0.2) is 54.0 Å². The Bertz CT molecular complexity index is 1230. The highest BCUT2D eigenvalue weighted by Crippen LogP contribution is 2.31.